The molecule has 0 amide bonds. The van der Waals surface area contributed by atoms with Crippen molar-refractivity contribution < 1.29 is 4.79 Å². The van der Waals surface area contributed by atoms with Crippen LogP contribution in [0.5, 0.6) is 0 Å². The first-order valence-electron chi connectivity index (χ1n) is 6.74. The number of rotatable bonds is 4. The summed E-state index contributed by atoms with van der Waals surface area (Å²) in [6.45, 7) is 0.899. The van der Waals surface area contributed by atoms with Crippen LogP contribution >= 0.6 is 0 Å². The van der Waals surface area contributed by atoms with Gasteiger partial charge in [0.2, 0.25) is 0 Å². The van der Waals surface area contributed by atoms with E-state index < -0.39 is 0 Å². The number of ketones is 1. The zero-order chi connectivity index (χ0) is 13.1. The smallest absolute Gasteiger partial charge is 0.165 e. The summed E-state index contributed by atoms with van der Waals surface area (Å²) in [7, 11) is 0. The highest BCUT2D eigenvalue weighted by atomic mass is 16.1. The monoisotopic (exact) mass is 251 g/mol. The van der Waals surface area contributed by atoms with Crippen molar-refractivity contribution in [2.24, 2.45) is 0 Å². The van der Waals surface area contributed by atoms with Gasteiger partial charge in [0.25, 0.3) is 0 Å². The minimum atomic E-state index is 0.187. The molecule has 19 heavy (non-hydrogen) atoms. The Labute approximate surface area is 113 Å². The van der Waals surface area contributed by atoms with Gasteiger partial charge >= 0.3 is 0 Å². The van der Waals surface area contributed by atoms with Crippen molar-refractivity contribution in [3.8, 4) is 0 Å². The second-order valence-corrected chi connectivity index (χ2v) is 4.96. The van der Waals surface area contributed by atoms with E-state index in [2.05, 4.69) is 35.6 Å². The van der Waals surface area contributed by atoms with Crippen molar-refractivity contribution in [3.63, 3.8) is 0 Å². The van der Waals surface area contributed by atoms with Crippen LogP contribution in [0.2, 0.25) is 0 Å². The number of hydrogen-bond donors (Lipinski definition) is 1. The van der Waals surface area contributed by atoms with Gasteiger partial charge in [0, 0.05) is 18.0 Å². The highest BCUT2D eigenvalue weighted by molar-refractivity contribution is 6.01. The summed E-state index contributed by atoms with van der Waals surface area (Å²) in [6, 6.07) is 18.5. The van der Waals surface area contributed by atoms with E-state index in [0.29, 0.717) is 6.42 Å². The summed E-state index contributed by atoms with van der Waals surface area (Å²) >= 11 is 0. The van der Waals surface area contributed by atoms with Crippen molar-refractivity contribution in [1.82, 2.24) is 5.32 Å². The molecule has 0 saturated carbocycles. The molecular formula is C17H17NO. The van der Waals surface area contributed by atoms with Gasteiger partial charge in [-0.1, -0.05) is 54.6 Å². The predicted molar refractivity (Wildman–Crippen MR) is 76.3 cm³/mol. The molecule has 0 heterocycles. The Kier molecular flexibility index (Phi) is 3.43. The summed E-state index contributed by atoms with van der Waals surface area (Å²) in [4.78, 5) is 11.9. The molecule has 0 bridgehead atoms. The Morgan fingerprint density at radius 3 is 2.58 bits per heavy atom. The van der Waals surface area contributed by atoms with Crippen LogP contribution < -0.4 is 5.32 Å². The molecule has 1 aliphatic rings. The summed E-state index contributed by atoms with van der Waals surface area (Å²) in [5, 5.41) is 3.50. The Balaban J connectivity index is 1.62. The van der Waals surface area contributed by atoms with Crippen LogP contribution in [0.1, 0.15) is 33.9 Å². The van der Waals surface area contributed by atoms with Crippen molar-refractivity contribution in [3.05, 3.63) is 71.3 Å². The average Bonchev–Trinajstić information content (AvgIpc) is 2.78. The van der Waals surface area contributed by atoms with E-state index in [0.717, 1.165) is 24.1 Å². The maximum atomic E-state index is 11.9. The van der Waals surface area contributed by atoms with Crippen molar-refractivity contribution in [2.75, 3.05) is 6.54 Å². The highest BCUT2D eigenvalue weighted by Gasteiger charge is 2.27. The summed E-state index contributed by atoms with van der Waals surface area (Å²) < 4.78 is 0. The minimum Gasteiger partial charge on any atom is -0.309 e. The van der Waals surface area contributed by atoms with E-state index in [1.807, 2.05) is 24.3 Å². The van der Waals surface area contributed by atoms with Gasteiger partial charge in [-0.3, -0.25) is 4.79 Å². The van der Waals surface area contributed by atoms with E-state index in [1.54, 1.807) is 0 Å². The van der Waals surface area contributed by atoms with Crippen LogP contribution in [-0.4, -0.2) is 12.3 Å². The molecule has 1 aliphatic carbocycles. The lowest BCUT2D eigenvalue weighted by Gasteiger charge is -2.13. The fraction of sp³-hybridized carbons (Fsp3) is 0.235. The number of hydrogen-bond acceptors (Lipinski definition) is 2. The number of Topliss-reactive ketones (excluding diaryl/α,β-unsaturated/α-hetero) is 1. The third-order valence-electron chi connectivity index (χ3n) is 3.67. The standard InChI is InChI=1S/C17H17NO/c19-17-12-16(14-8-4-5-9-15(14)17)18-11-10-13-6-2-1-3-7-13/h1-9,16,18H,10-12H2. The van der Waals surface area contributed by atoms with E-state index >= 15 is 0 Å². The molecule has 0 aliphatic heterocycles. The quantitative estimate of drug-likeness (QED) is 0.904. The molecule has 0 spiro atoms. The number of carbonyl (C=O) groups excluding carboxylic acids is 1. The van der Waals surface area contributed by atoms with Crippen LogP contribution in [0.4, 0.5) is 0 Å². The maximum Gasteiger partial charge on any atom is 0.165 e. The Bertz CT molecular complexity index is 577. The van der Waals surface area contributed by atoms with Crippen molar-refractivity contribution >= 4 is 5.78 Å². The van der Waals surface area contributed by atoms with Gasteiger partial charge in [-0.15, -0.1) is 0 Å². The maximum absolute atomic E-state index is 11.9. The summed E-state index contributed by atoms with van der Waals surface area (Å²) in [5.41, 5.74) is 3.37. The molecule has 0 aromatic heterocycles. The second-order valence-electron chi connectivity index (χ2n) is 4.96. The third-order valence-corrected chi connectivity index (χ3v) is 3.67. The molecule has 2 aromatic rings. The predicted octanol–water partition coefficient (Wildman–Crippen LogP) is 3.15. The van der Waals surface area contributed by atoms with Gasteiger partial charge in [0.1, 0.15) is 0 Å². The first-order valence-corrected chi connectivity index (χ1v) is 6.74. The lowest BCUT2D eigenvalue weighted by atomic mass is 10.1. The molecule has 0 radical (unpaired) electrons. The van der Waals surface area contributed by atoms with Gasteiger partial charge in [-0.25, -0.2) is 0 Å². The Hall–Kier alpha value is -1.93. The van der Waals surface area contributed by atoms with Crippen LogP contribution in [0, 0.1) is 0 Å². The first-order chi connectivity index (χ1) is 9.34. The molecular weight excluding hydrogens is 234 g/mol. The van der Waals surface area contributed by atoms with E-state index in [4.69, 9.17) is 0 Å². The fourth-order valence-electron chi connectivity index (χ4n) is 2.68. The first kappa shape index (κ1) is 12.1. The topological polar surface area (TPSA) is 29.1 Å². The lowest BCUT2D eigenvalue weighted by Crippen LogP contribution is -2.22. The van der Waals surface area contributed by atoms with Gasteiger partial charge in [-0.05, 0) is 24.1 Å². The highest BCUT2D eigenvalue weighted by Crippen LogP contribution is 2.30. The molecule has 2 aromatic carbocycles. The third kappa shape index (κ3) is 2.59. The summed E-state index contributed by atoms with van der Waals surface area (Å²) in [6.07, 6.45) is 1.59. The van der Waals surface area contributed by atoms with Gasteiger partial charge in [-0.2, -0.15) is 0 Å². The van der Waals surface area contributed by atoms with Gasteiger partial charge in [0.05, 0.1) is 0 Å². The normalized spacial score (nSPS) is 17.5. The summed E-state index contributed by atoms with van der Waals surface area (Å²) in [5.74, 6) is 0.257. The number of nitrogens with one attached hydrogen (secondary N) is 1. The Morgan fingerprint density at radius 1 is 1.00 bits per heavy atom. The van der Waals surface area contributed by atoms with Crippen LogP contribution in [0.25, 0.3) is 0 Å². The van der Waals surface area contributed by atoms with Crippen molar-refractivity contribution in [2.45, 2.75) is 18.9 Å². The minimum absolute atomic E-state index is 0.187. The molecule has 0 saturated heterocycles. The fourth-order valence-corrected chi connectivity index (χ4v) is 2.68. The number of carbonyl (C=O) groups is 1. The van der Waals surface area contributed by atoms with E-state index in [1.165, 1.54) is 5.56 Å². The van der Waals surface area contributed by atoms with Gasteiger partial charge < -0.3 is 5.32 Å². The zero-order valence-electron chi connectivity index (χ0n) is 10.8. The molecule has 2 heteroatoms. The molecule has 0 fully saturated rings. The lowest BCUT2D eigenvalue weighted by molar-refractivity contribution is 0.0986. The van der Waals surface area contributed by atoms with Crippen LogP contribution in [-0.2, 0) is 6.42 Å². The second kappa shape index (κ2) is 5.37. The number of fused-ring (bicyclic) bond motifs is 1. The molecule has 1 atom stereocenters. The molecule has 3 rings (SSSR count). The largest absolute Gasteiger partial charge is 0.309 e. The Morgan fingerprint density at radius 2 is 1.74 bits per heavy atom. The number of benzene rings is 2. The SMILES string of the molecule is O=C1CC(NCCc2ccccc2)c2ccccc21. The average molecular weight is 251 g/mol. The molecule has 2 nitrogen and oxygen atoms in total. The van der Waals surface area contributed by atoms with E-state index in [-0.39, 0.29) is 11.8 Å². The van der Waals surface area contributed by atoms with E-state index in [9.17, 15) is 4.79 Å². The molecule has 96 valence electrons. The molecule has 1 unspecified atom stereocenters. The van der Waals surface area contributed by atoms with Crippen LogP contribution in [0.3, 0.4) is 0 Å². The zero-order valence-corrected chi connectivity index (χ0v) is 10.8. The van der Waals surface area contributed by atoms with Crippen LogP contribution in [0.15, 0.2) is 54.6 Å². The van der Waals surface area contributed by atoms with Gasteiger partial charge in [0.15, 0.2) is 5.78 Å². The van der Waals surface area contributed by atoms with Crippen molar-refractivity contribution in [1.29, 1.82) is 0 Å². The molecule has 1 N–H and O–H groups in total.